The van der Waals surface area contributed by atoms with Crippen molar-refractivity contribution in [2.45, 2.75) is 32.2 Å². The SMILES string of the molecule is O=C([O-])[C@H]1CCCC[C@@H]1C(=O)NCc1ccccc1. The lowest BCUT2D eigenvalue weighted by molar-refractivity contribution is -0.314. The van der Waals surface area contributed by atoms with E-state index in [0.717, 1.165) is 18.4 Å². The van der Waals surface area contributed by atoms with Crippen molar-refractivity contribution in [3.05, 3.63) is 35.9 Å². The van der Waals surface area contributed by atoms with E-state index in [0.29, 0.717) is 19.4 Å². The van der Waals surface area contributed by atoms with Gasteiger partial charge in [-0.15, -0.1) is 0 Å². The van der Waals surface area contributed by atoms with Gasteiger partial charge in [0.1, 0.15) is 0 Å². The molecule has 102 valence electrons. The summed E-state index contributed by atoms with van der Waals surface area (Å²) >= 11 is 0. The molecule has 1 aliphatic carbocycles. The molecule has 1 N–H and O–H groups in total. The second-order valence-electron chi connectivity index (χ2n) is 5.02. The highest BCUT2D eigenvalue weighted by molar-refractivity contribution is 5.84. The Morgan fingerprint density at radius 3 is 2.37 bits per heavy atom. The van der Waals surface area contributed by atoms with Crippen LogP contribution in [0.15, 0.2) is 30.3 Å². The zero-order chi connectivity index (χ0) is 13.7. The summed E-state index contributed by atoms with van der Waals surface area (Å²) in [5.74, 6) is -2.34. The fourth-order valence-corrected chi connectivity index (χ4v) is 2.64. The maximum Gasteiger partial charge on any atom is 0.224 e. The molecule has 0 saturated heterocycles. The van der Waals surface area contributed by atoms with Crippen LogP contribution in [0.5, 0.6) is 0 Å². The van der Waals surface area contributed by atoms with Gasteiger partial charge in [0.05, 0.1) is 0 Å². The molecule has 2 atom stereocenters. The van der Waals surface area contributed by atoms with E-state index >= 15 is 0 Å². The van der Waals surface area contributed by atoms with Crippen LogP contribution in [0.4, 0.5) is 0 Å². The molecule has 4 heteroatoms. The van der Waals surface area contributed by atoms with Crippen LogP contribution in [-0.4, -0.2) is 11.9 Å². The number of carboxylic acid groups (broad SMARTS) is 1. The predicted octanol–water partition coefficient (Wildman–Crippen LogP) is 0.859. The second kappa shape index (κ2) is 6.36. The Bertz CT molecular complexity index is 444. The molecular formula is C15H18NO3-. The van der Waals surface area contributed by atoms with Crippen molar-refractivity contribution in [1.82, 2.24) is 5.32 Å². The van der Waals surface area contributed by atoms with E-state index in [4.69, 9.17) is 0 Å². The Kier molecular flexibility index (Phi) is 4.55. The molecule has 1 fully saturated rings. The number of amides is 1. The number of nitrogens with one attached hydrogen (secondary N) is 1. The Morgan fingerprint density at radius 1 is 1.11 bits per heavy atom. The predicted molar refractivity (Wildman–Crippen MR) is 68.7 cm³/mol. The standard InChI is InChI=1S/C15H19NO3/c17-14(16-10-11-6-2-1-3-7-11)12-8-4-5-9-13(12)15(18)19/h1-3,6-7,12-13H,4-5,8-10H2,(H,16,17)(H,18,19)/p-1/t12-,13-/m0/s1. The van der Waals surface area contributed by atoms with E-state index in [2.05, 4.69) is 5.32 Å². The van der Waals surface area contributed by atoms with Crippen molar-refractivity contribution < 1.29 is 14.7 Å². The molecule has 2 rings (SSSR count). The van der Waals surface area contributed by atoms with Gasteiger partial charge < -0.3 is 15.2 Å². The molecule has 0 aromatic heterocycles. The Balaban J connectivity index is 1.93. The number of carbonyl (C=O) groups excluding carboxylic acids is 2. The smallest absolute Gasteiger partial charge is 0.224 e. The second-order valence-corrected chi connectivity index (χ2v) is 5.02. The molecule has 19 heavy (non-hydrogen) atoms. The largest absolute Gasteiger partial charge is 0.550 e. The van der Waals surface area contributed by atoms with Crippen molar-refractivity contribution in [3.63, 3.8) is 0 Å². The van der Waals surface area contributed by atoms with Crippen LogP contribution < -0.4 is 10.4 Å². The van der Waals surface area contributed by atoms with Gasteiger partial charge in [0.25, 0.3) is 0 Å². The molecule has 1 aliphatic rings. The lowest BCUT2D eigenvalue weighted by Crippen LogP contribution is -2.44. The Hall–Kier alpha value is -1.84. The third-order valence-electron chi connectivity index (χ3n) is 3.72. The van der Waals surface area contributed by atoms with Crippen molar-refractivity contribution in [2.75, 3.05) is 0 Å². The number of benzene rings is 1. The molecule has 1 saturated carbocycles. The van der Waals surface area contributed by atoms with Crippen LogP contribution in [0.1, 0.15) is 31.2 Å². The maximum atomic E-state index is 12.1. The number of aliphatic carboxylic acids is 1. The molecule has 1 aromatic carbocycles. The van der Waals surface area contributed by atoms with Gasteiger partial charge in [0.2, 0.25) is 5.91 Å². The summed E-state index contributed by atoms with van der Waals surface area (Å²) in [6.07, 6.45) is 2.96. The molecule has 4 nitrogen and oxygen atoms in total. The van der Waals surface area contributed by atoms with Crippen LogP contribution in [-0.2, 0) is 16.1 Å². The number of hydrogen-bond donors (Lipinski definition) is 1. The van der Waals surface area contributed by atoms with Crippen LogP contribution >= 0.6 is 0 Å². The summed E-state index contributed by atoms with van der Waals surface area (Å²) < 4.78 is 0. The average Bonchev–Trinajstić information content (AvgIpc) is 2.46. The number of rotatable bonds is 4. The maximum absolute atomic E-state index is 12.1. The fraction of sp³-hybridized carbons (Fsp3) is 0.467. The van der Waals surface area contributed by atoms with Gasteiger partial charge in [-0.2, -0.15) is 0 Å². The molecule has 1 aromatic rings. The third kappa shape index (κ3) is 3.56. The summed E-state index contributed by atoms with van der Waals surface area (Å²) in [5, 5.41) is 13.9. The number of carboxylic acids is 1. The first-order valence-electron chi connectivity index (χ1n) is 6.71. The van der Waals surface area contributed by atoms with Crippen LogP contribution in [0, 0.1) is 11.8 Å². The fourth-order valence-electron chi connectivity index (χ4n) is 2.64. The van der Waals surface area contributed by atoms with Crippen LogP contribution in [0.25, 0.3) is 0 Å². The summed E-state index contributed by atoms with van der Waals surface area (Å²) in [6, 6.07) is 9.59. The minimum Gasteiger partial charge on any atom is -0.550 e. The summed E-state index contributed by atoms with van der Waals surface area (Å²) in [6.45, 7) is 0.440. The monoisotopic (exact) mass is 260 g/mol. The number of hydrogen-bond acceptors (Lipinski definition) is 3. The topological polar surface area (TPSA) is 69.2 Å². The van der Waals surface area contributed by atoms with Crippen molar-refractivity contribution in [3.8, 4) is 0 Å². The lowest BCUT2D eigenvalue weighted by Gasteiger charge is -2.31. The van der Waals surface area contributed by atoms with Gasteiger partial charge in [-0.05, 0) is 18.4 Å². The quantitative estimate of drug-likeness (QED) is 0.873. The minimum atomic E-state index is -1.10. The first kappa shape index (κ1) is 13.6. The van der Waals surface area contributed by atoms with Gasteiger partial charge in [0, 0.05) is 24.3 Å². The Labute approximate surface area is 112 Å². The molecule has 0 bridgehead atoms. The summed E-state index contributed by atoms with van der Waals surface area (Å²) in [7, 11) is 0. The zero-order valence-electron chi connectivity index (χ0n) is 10.8. The van der Waals surface area contributed by atoms with E-state index < -0.39 is 17.8 Å². The zero-order valence-corrected chi connectivity index (χ0v) is 10.8. The van der Waals surface area contributed by atoms with Crippen molar-refractivity contribution in [1.29, 1.82) is 0 Å². The van der Waals surface area contributed by atoms with Crippen molar-refractivity contribution >= 4 is 11.9 Å². The van der Waals surface area contributed by atoms with Crippen molar-refractivity contribution in [2.24, 2.45) is 11.8 Å². The van der Waals surface area contributed by atoms with Gasteiger partial charge >= 0.3 is 0 Å². The first-order valence-corrected chi connectivity index (χ1v) is 6.71. The molecule has 0 heterocycles. The van der Waals surface area contributed by atoms with E-state index in [9.17, 15) is 14.7 Å². The average molecular weight is 260 g/mol. The normalized spacial score (nSPS) is 22.7. The molecule has 0 aliphatic heterocycles. The molecule has 0 spiro atoms. The minimum absolute atomic E-state index is 0.169. The molecule has 0 radical (unpaired) electrons. The summed E-state index contributed by atoms with van der Waals surface area (Å²) in [5.41, 5.74) is 1.01. The first-order chi connectivity index (χ1) is 9.18. The lowest BCUT2D eigenvalue weighted by atomic mass is 9.78. The van der Waals surface area contributed by atoms with E-state index in [1.54, 1.807) is 0 Å². The van der Waals surface area contributed by atoms with Gasteiger partial charge in [0.15, 0.2) is 0 Å². The van der Waals surface area contributed by atoms with Gasteiger partial charge in [-0.3, -0.25) is 4.79 Å². The highest BCUT2D eigenvalue weighted by Crippen LogP contribution is 2.29. The van der Waals surface area contributed by atoms with E-state index in [-0.39, 0.29) is 5.91 Å². The van der Waals surface area contributed by atoms with Gasteiger partial charge in [-0.1, -0.05) is 43.2 Å². The highest BCUT2D eigenvalue weighted by Gasteiger charge is 2.31. The van der Waals surface area contributed by atoms with Crippen LogP contribution in [0.2, 0.25) is 0 Å². The number of carbonyl (C=O) groups is 2. The summed E-state index contributed by atoms with van der Waals surface area (Å²) in [4.78, 5) is 23.1. The highest BCUT2D eigenvalue weighted by atomic mass is 16.4. The van der Waals surface area contributed by atoms with E-state index in [1.807, 2.05) is 30.3 Å². The van der Waals surface area contributed by atoms with E-state index in [1.165, 1.54) is 0 Å². The molecule has 1 amide bonds. The van der Waals surface area contributed by atoms with Gasteiger partial charge in [-0.25, -0.2) is 0 Å². The third-order valence-corrected chi connectivity index (χ3v) is 3.72. The molecule has 0 unspecified atom stereocenters. The molecular weight excluding hydrogens is 242 g/mol. The Morgan fingerprint density at radius 2 is 1.74 bits per heavy atom. The van der Waals surface area contributed by atoms with Crippen LogP contribution in [0.3, 0.4) is 0 Å².